The first-order valence-corrected chi connectivity index (χ1v) is 10.1. The molecular weight excluding hydrogens is 308 g/mol. The molecule has 0 amide bonds. The molecule has 0 bridgehead atoms. The molecule has 1 N–H and O–H groups in total. The number of allylic oxidation sites excluding steroid dienone is 1. The number of ketones is 1. The van der Waals surface area contributed by atoms with E-state index in [1.54, 1.807) is 13.0 Å². The van der Waals surface area contributed by atoms with Crippen molar-refractivity contribution in [1.29, 1.82) is 0 Å². The van der Waals surface area contributed by atoms with Gasteiger partial charge in [-0.15, -0.1) is 0 Å². The van der Waals surface area contributed by atoms with Gasteiger partial charge in [-0.2, -0.15) is 0 Å². The average Bonchev–Trinajstić information content (AvgIpc) is 2.59. The summed E-state index contributed by atoms with van der Waals surface area (Å²) in [6.07, 6.45) is 20.3. The first-order chi connectivity index (χ1) is 12.2. The highest BCUT2D eigenvalue weighted by molar-refractivity contribution is 5.75. The molecule has 0 aliphatic carbocycles. The van der Waals surface area contributed by atoms with Gasteiger partial charge < -0.3 is 9.90 Å². The normalized spacial score (nSPS) is 11.2. The number of carbonyl (C=O) groups excluding carboxylic acids is 1. The molecule has 0 aliphatic rings. The molecule has 0 saturated carbocycles. The summed E-state index contributed by atoms with van der Waals surface area (Å²) in [7, 11) is 0. The van der Waals surface area contributed by atoms with Gasteiger partial charge in [0.05, 0.1) is 0 Å². The zero-order valence-electron chi connectivity index (χ0n) is 16.0. The van der Waals surface area contributed by atoms with E-state index in [9.17, 15) is 9.90 Å². The summed E-state index contributed by atoms with van der Waals surface area (Å²) in [6.45, 7) is 1.68. The second-order valence-electron chi connectivity index (χ2n) is 7.09. The number of phenolic OH excluding ortho intramolecular Hbond substituents is 1. The maximum Gasteiger partial charge on any atom is 0.129 e. The summed E-state index contributed by atoms with van der Waals surface area (Å²) >= 11 is 0. The topological polar surface area (TPSA) is 37.3 Å². The number of Topliss-reactive ketones (excluding diaryl/α,β-unsaturated/α-hetero) is 1. The van der Waals surface area contributed by atoms with Crippen LogP contribution >= 0.6 is 0 Å². The molecular formula is C23H36O2. The lowest BCUT2D eigenvalue weighted by molar-refractivity contribution is -0.117. The second kappa shape index (κ2) is 14.7. The van der Waals surface area contributed by atoms with Gasteiger partial charge in [-0.05, 0) is 32.3 Å². The van der Waals surface area contributed by atoms with Crippen molar-refractivity contribution in [1.82, 2.24) is 0 Å². The third kappa shape index (κ3) is 12.4. The number of hydrogen-bond acceptors (Lipinski definition) is 2. The SMILES string of the molecule is CC(=O)CCCCCCCCCCCCCC=Cc1ccccc1O. The van der Waals surface area contributed by atoms with E-state index in [0.717, 1.165) is 24.8 Å². The van der Waals surface area contributed by atoms with Gasteiger partial charge in [0.15, 0.2) is 0 Å². The molecule has 0 unspecified atom stereocenters. The summed E-state index contributed by atoms with van der Waals surface area (Å²) in [6, 6.07) is 7.47. The lowest BCUT2D eigenvalue weighted by atomic mass is 10.0. The Morgan fingerprint density at radius 1 is 0.840 bits per heavy atom. The number of unbranched alkanes of at least 4 members (excludes halogenated alkanes) is 11. The number of benzene rings is 1. The van der Waals surface area contributed by atoms with E-state index in [-0.39, 0.29) is 0 Å². The largest absolute Gasteiger partial charge is 0.507 e. The van der Waals surface area contributed by atoms with Crippen LogP contribution in [0.5, 0.6) is 5.75 Å². The summed E-state index contributed by atoms with van der Waals surface area (Å²) in [4.78, 5) is 10.8. The van der Waals surface area contributed by atoms with E-state index >= 15 is 0 Å². The molecule has 0 spiro atoms. The lowest BCUT2D eigenvalue weighted by Crippen LogP contribution is -1.89. The van der Waals surface area contributed by atoms with Crippen molar-refractivity contribution in [3.8, 4) is 5.75 Å². The van der Waals surface area contributed by atoms with E-state index in [4.69, 9.17) is 0 Å². The number of para-hydroxylation sites is 1. The quantitative estimate of drug-likeness (QED) is 0.346. The molecule has 1 aromatic carbocycles. The minimum atomic E-state index is 0.328. The van der Waals surface area contributed by atoms with E-state index in [0.29, 0.717) is 11.5 Å². The predicted octanol–water partition coefficient (Wildman–Crippen LogP) is 7.07. The number of aromatic hydroxyl groups is 1. The second-order valence-corrected chi connectivity index (χ2v) is 7.09. The van der Waals surface area contributed by atoms with Gasteiger partial charge in [0.2, 0.25) is 0 Å². The molecule has 25 heavy (non-hydrogen) atoms. The Morgan fingerprint density at radius 2 is 1.36 bits per heavy atom. The standard InChI is InChI=1S/C23H36O2/c1-21(24)17-13-11-9-7-5-3-2-4-6-8-10-12-14-18-22-19-15-16-20-23(22)25/h14-16,18-20,25H,2-13,17H2,1H3. The zero-order valence-corrected chi connectivity index (χ0v) is 16.0. The molecule has 0 aliphatic heterocycles. The molecule has 1 aromatic rings. The minimum Gasteiger partial charge on any atom is -0.507 e. The van der Waals surface area contributed by atoms with Crippen LogP contribution < -0.4 is 0 Å². The number of phenols is 1. The molecule has 1 rings (SSSR count). The van der Waals surface area contributed by atoms with Crippen LogP contribution in [0.4, 0.5) is 0 Å². The van der Waals surface area contributed by atoms with E-state index in [1.807, 2.05) is 24.3 Å². The fraction of sp³-hybridized carbons (Fsp3) is 0.609. The highest BCUT2D eigenvalue weighted by atomic mass is 16.3. The Labute approximate surface area is 154 Å². The molecule has 0 heterocycles. The molecule has 0 fully saturated rings. The van der Waals surface area contributed by atoms with E-state index in [1.165, 1.54) is 64.2 Å². The van der Waals surface area contributed by atoms with Crippen LogP contribution in [0.3, 0.4) is 0 Å². The van der Waals surface area contributed by atoms with Crippen LogP contribution in [-0.4, -0.2) is 10.9 Å². The van der Waals surface area contributed by atoms with E-state index in [2.05, 4.69) is 6.08 Å². The summed E-state index contributed by atoms with van der Waals surface area (Å²) in [5.74, 6) is 0.686. The Kier molecular flexibility index (Phi) is 12.7. The summed E-state index contributed by atoms with van der Waals surface area (Å²) in [5, 5.41) is 9.67. The highest BCUT2D eigenvalue weighted by Gasteiger charge is 1.96. The van der Waals surface area contributed by atoms with Crippen molar-refractivity contribution >= 4 is 11.9 Å². The van der Waals surface area contributed by atoms with Crippen molar-refractivity contribution < 1.29 is 9.90 Å². The molecule has 2 heteroatoms. The molecule has 0 radical (unpaired) electrons. The maximum atomic E-state index is 10.8. The summed E-state index contributed by atoms with van der Waals surface area (Å²) < 4.78 is 0. The zero-order chi connectivity index (χ0) is 18.2. The molecule has 0 atom stereocenters. The first-order valence-electron chi connectivity index (χ1n) is 10.1. The van der Waals surface area contributed by atoms with Crippen molar-refractivity contribution in [3.05, 3.63) is 35.9 Å². The van der Waals surface area contributed by atoms with Gasteiger partial charge in [-0.25, -0.2) is 0 Å². The Balaban J connectivity index is 1.83. The van der Waals surface area contributed by atoms with Gasteiger partial charge in [0.1, 0.15) is 11.5 Å². The van der Waals surface area contributed by atoms with Crippen LogP contribution in [0.1, 0.15) is 96.0 Å². The Bertz CT molecular complexity index is 491. The van der Waals surface area contributed by atoms with Gasteiger partial charge >= 0.3 is 0 Å². The predicted molar refractivity (Wildman–Crippen MR) is 108 cm³/mol. The Morgan fingerprint density at radius 3 is 1.92 bits per heavy atom. The smallest absolute Gasteiger partial charge is 0.129 e. The molecule has 2 nitrogen and oxygen atoms in total. The van der Waals surface area contributed by atoms with Crippen molar-refractivity contribution in [2.45, 2.75) is 90.4 Å². The third-order valence-corrected chi connectivity index (χ3v) is 4.63. The maximum absolute atomic E-state index is 10.8. The minimum absolute atomic E-state index is 0.328. The monoisotopic (exact) mass is 344 g/mol. The van der Waals surface area contributed by atoms with Crippen molar-refractivity contribution in [2.24, 2.45) is 0 Å². The van der Waals surface area contributed by atoms with Gasteiger partial charge in [-0.1, -0.05) is 88.1 Å². The average molecular weight is 345 g/mol. The van der Waals surface area contributed by atoms with Crippen LogP contribution in [0.2, 0.25) is 0 Å². The highest BCUT2D eigenvalue weighted by Crippen LogP contribution is 2.18. The Hall–Kier alpha value is -1.57. The number of rotatable bonds is 15. The van der Waals surface area contributed by atoms with Crippen LogP contribution in [-0.2, 0) is 4.79 Å². The van der Waals surface area contributed by atoms with Crippen LogP contribution in [0.15, 0.2) is 30.3 Å². The van der Waals surface area contributed by atoms with Gasteiger partial charge in [0, 0.05) is 12.0 Å². The van der Waals surface area contributed by atoms with Crippen molar-refractivity contribution in [2.75, 3.05) is 0 Å². The molecule has 0 saturated heterocycles. The van der Waals surface area contributed by atoms with Gasteiger partial charge in [-0.3, -0.25) is 0 Å². The summed E-state index contributed by atoms with van der Waals surface area (Å²) in [5.41, 5.74) is 0.906. The molecule has 140 valence electrons. The fourth-order valence-electron chi connectivity index (χ4n) is 3.07. The van der Waals surface area contributed by atoms with Crippen LogP contribution in [0.25, 0.3) is 6.08 Å². The van der Waals surface area contributed by atoms with E-state index < -0.39 is 0 Å². The lowest BCUT2D eigenvalue weighted by Gasteiger charge is -2.02. The number of carbonyl (C=O) groups is 1. The fourth-order valence-corrected chi connectivity index (χ4v) is 3.07. The van der Waals surface area contributed by atoms with Crippen LogP contribution in [0, 0.1) is 0 Å². The first kappa shape index (κ1) is 21.5. The molecule has 0 aromatic heterocycles. The van der Waals surface area contributed by atoms with Crippen molar-refractivity contribution in [3.63, 3.8) is 0 Å². The van der Waals surface area contributed by atoms with Gasteiger partial charge in [0.25, 0.3) is 0 Å². The third-order valence-electron chi connectivity index (χ3n) is 4.63. The number of hydrogen-bond donors (Lipinski definition) is 1.